The van der Waals surface area contributed by atoms with E-state index in [2.05, 4.69) is 9.89 Å². The van der Waals surface area contributed by atoms with Gasteiger partial charge in [-0.3, -0.25) is 4.79 Å². The molecular formula is C29H30F4N4O5. The molecule has 0 radical (unpaired) electrons. The summed E-state index contributed by atoms with van der Waals surface area (Å²) in [5, 5.41) is 9.83. The SMILES string of the molecule is COc1cccc(N2CCN(C3=Nc4c(F)cccc4[C@H](CC(=O)O)N3c3cc(C(F)(F)F)ccc3OC)CC2)c1.O. The van der Waals surface area contributed by atoms with Gasteiger partial charge in [-0.15, -0.1) is 0 Å². The molecule has 1 atom stereocenters. The minimum atomic E-state index is -4.66. The van der Waals surface area contributed by atoms with E-state index < -0.39 is 36.0 Å². The predicted octanol–water partition coefficient (Wildman–Crippen LogP) is 4.88. The normalized spacial score (nSPS) is 16.8. The third kappa shape index (κ3) is 5.91. The summed E-state index contributed by atoms with van der Waals surface area (Å²) in [6, 6.07) is 13.7. The van der Waals surface area contributed by atoms with Crippen molar-refractivity contribution in [2.24, 2.45) is 4.99 Å². The van der Waals surface area contributed by atoms with Crippen LogP contribution < -0.4 is 19.3 Å². The zero-order chi connectivity index (χ0) is 29.3. The number of carbonyl (C=O) groups is 1. The highest BCUT2D eigenvalue weighted by Crippen LogP contribution is 2.46. The molecule has 0 aromatic heterocycles. The van der Waals surface area contributed by atoms with Gasteiger partial charge < -0.3 is 34.8 Å². The first-order chi connectivity index (χ1) is 19.6. The van der Waals surface area contributed by atoms with Crippen LogP contribution in [-0.2, 0) is 11.0 Å². The molecule has 3 aromatic carbocycles. The van der Waals surface area contributed by atoms with Crippen LogP contribution in [0.2, 0.25) is 0 Å². The molecule has 0 amide bonds. The lowest BCUT2D eigenvalue weighted by Crippen LogP contribution is -2.55. The minimum absolute atomic E-state index is 0. The van der Waals surface area contributed by atoms with Crippen molar-refractivity contribution < 1.29 is 42.4 Å². The third-order valence-corrected chi connectivity index (χ3v) is 7.23. The maximum atomic E-state index is 15.1. The van der Waals surface area contributed by atoms with Gasteiger partial charge in [0.1, 0.15) is 23.0 Å². The van der Waals surface area contributed by atoms with Gasteiger partial charge in [0.2, 0.25) is 5.96 Å². The van der Waals surface area contributed by atoms with Crippen molar-refractivity contribution in [3.63, 3.8) is 0 Å². The number of hydrogen-bond donors (Lipinski definition) is 1. The molecule has 1 fully saturated rings. The molecule has 224 valence electrons. The van der Waals surface area contributed by atoms with Gasteiger partial charge in [-0.05, 0) is 36.4 Å². The second-order valence-electron chi connectivity index (χ2n) is 9.63. The fourth-order valence-electron chi connectivity index (χ4n) is 5.24. The standard InChI is InChI=1S/C29H28F4N4O4.H2O/c1-40-20-6-3-5-19(16-20)35-11-13-36(14-12-35)28-34-27-21(7-4-8-22(27)30)23(17-26(38)39)37(28)24-15-18(29(31,32)33)9-10-25(24)41-2;/h3-10,15-16,23H,11-14,17H2,1-2H3,(H,38,39);1H2/t23-;/m0./s1. The van der Waals surface area contributed by atoms with Crippen LogP contribution in [0, 0.1) is 5.82 Å². The number of piperazine rings is 1. The third-order valence-electron chi connectivity index (χ3n) is 7.23. The average Bonchev–Trinajstić information content (AvgIpc) is 2.96. The Labute approximate surface area is 239 Å². The Balaban J connectivity index is 0.00000405. The first kappa shape index (κ1) is 30.4. The molecule has 1 saturated heterocycles. The van der Waals surface area contributed by atoms with Crippen LogP contribution in [0.5, 0.6) is 11.5 Å². The number of alkyl halides is 3. The van der Waals surface area contributed by atoms with E-state index in [1.807, 2.05) is 29.2 Å². The maximum Gasteiger partial charge on any atom is 0.416 e. The molecule has 3 aromatic rings. The van der Waals surface area contributed by atoms with Gasteiger partial charge in [0.05, 0.1) is 37.9 Å². The molecule has 5 rings (SSSR count). The summed E-state index contributed by atoms with van der Waals surface area (Å²) in [7, 11) is 2.90. The second-order valence-corrected chi connectivity index (χ2v) is 9.63. The molecule has 0 aliphatic carbocycles. The van der Waals surface area contributed by atoms with Crippen molar-refractivity contribution in [1.29, 1.82) is 0 Å². The molecule has 42 heavy (non-hydrogen) atoms. The van der Waals surface area contributed by atoms with E-state index in [-0.39, 0.29) is 34.1 Å². The summed E-state index contributed by atoms with van der Waals surface area (Å²) >= 11 is 0. The Bertz CT molecular complexity index is 1470. The summed E-state index contributed by atoms with van der Waals surface area (Å²) in [6.45, 7) is 1.82. The van der Waals surface area contributed by atoms with E-state index in [0.717, 1.165) is 17.8 Å². The van der Waals surface area contributed by atoms with E-state index >= 15 is 4.39 Å². The number of methoxy groups -OCH3 is 2. The molecule has 9 nitrogen and oxygen atoms in total. The summed E-state index contributed by atoms with van der Waals surface area (Å²) < 4.78 is 67.3. The highest BCUT2D eigenvalue weighted by molar-refractivity contribution is 6.02. The Morgan fingerprint density at radius 1 is 0.976 bits per heavy atom. The number of carboxylic acids is 1. The van der Waals surface area contributed by atoms with Gasteiger partial charge >= 0.3 is 12.1 Å². The van der Waals surface area contributed by atoms with Crippen LogP contribution in [0.3, 0.4) is 0 Å². The van der Waals surface area contributed by atoms with Crippen LogP contribution in [0.15, 0.2) is 65.7 Å². The summed E-state index contributed by atoms with van der Waals surface area (Å²) in [6.07, 6.45) is -5.18. The Hall–Kier alpha value is -4.52. The first-order valence-electron chi connectivity index (χ1n) is 12.9. The van der Waals surface area contributed by atoms with Crippen LogP contribution in [0.25, 0.3) is 0 Å². The number of aliphatic imine (C=N–C) groups is 1. The van der Waals surface area contributed by atoms with Crippen LogP contribution in [-0.4, -0.2) is 67.8 Å². The van der Waals surface area contributed by atoms with Gasteiger partial charge in [0, 0.05) is 43.5 Å². The maximum absolute atomic E-state index is 15.1. The van der Waals surface area contributed by atoms with Gasteiger partial charge in [-0.1, -0.05) is 18.2 Å². The van der Waals surface area contributed by atoms with Gasteiger partial charge in [0.25, 0.3) is 0 Å². The van der Waals surface area contributed by atoms with Crippen LogP contribution in [0.4, 0.5) is 34.6 Å². The van der Waals surface area contributed by atoms with Crippen molar-refractivity contribution in [2.45, 2.75) is 18.6 Å². The molecule has 13 heteroatoms. The Kier molecular flexibility index (Phi) is 8.81. The first-order valence-corrected chi connectivity index (χ1v) is 12.9. The fraction of sp³-hybridized carbons (Fsp3) is 0.310. The van der Waals surface area contributed by atoms with Crippen LogP contribution in [0.1, 0.15) is 23.6 Å². The number of rotatable bonds is 6. The number of fused-ring (bicyclic) bond motifs is 1. The number of para-hydroxylation sites is 1. The predicted molar refractivity (Wildman–Crippen MR) is 149 cm³/mol. The number of guanidine groups is 1. The van der Waals surface area contributed by atoms with Crippen molar-refractivity contribution in [3.8, 4) is 11.5 Å². The lowest BCUT2D eigenvalue weighted by molar-refractivity contribution is -0.138. The van der Waals surface area contributed by atoms with E-state index in [4.69, 9.17) is 9.47 Å². The van der Waals surface area contributed by atoms with Gasteiger partial charge in [0.15, 0.2) is 0 Å². The number of aliphatic carboxylic acids is 1. The Morgan fingerprint density at radius 3 is 2.31 bits per heavy atom. The number of hydrogen-bond acceptors (Lipinski definition) is 7. The number of nitrogens with zero attached hydrogens (tertiary/aromatic N) is 4. The van der Waals surface area contributed by atoms with Crippen molar-refractivity contribution in [1.82, 2.24) is 4.90 Å². The molecule has 0 spiro atoms. The zero-order valence-corrected chi connectivity index (χ0v) is 22.9. The van der Waals surface area contributed by atoms with E-state index in [0.29, 0.717) is 31.9 Å². The largest absolute Gasteiger partial charge is 0.497 e. The monoisotopic (exact) mass is 590 g/mol. The highest BCUT2D eigenvalue weighted by Gasteiger charge is 2.40. The number of carboxylic acid groups (broad SMARTS) is 1. The summed E-state index contributed by atoms with van der Waals surface area (Å²) in [5.74, 6) is -0.910. The number of halogens is 4. The van der Waals surface area contributed by atoms with E-state index in [1.54, 1.807) is 13.2 Å². The van der Waals surface area contributed by atoms with Crippen molar-refractivity contribution in [3.05, 3.63) is 77.6 Å². The lowest BCUT2D eigenvalue weighted by Gasteiger charge is -2.45. The molecule has 2 heterocycles. The Morgan fingerprint density at radius 2 is 1.67 bits per heavy atom. The number of benzene rings is 3. The highest BCUT2D eigenvalue weighted by atomic mass is 19.4. The quantitative estimate of drug-likeness (QED) is 0.408. The topological polar surface area (TPSA) is 109 Å². The van der Waals surface area contributed by atoms with Crippen LogP contribution >= 0.6 is 0 Å². The fourth-order valence-corrected chi connectivity index (χ4v) is 5.24. The molecule has 2 aliphatic rings. The summed E-state index contributed by atoms with van der Waals surface area (Å²) in [5.41, 5.74) is 0.204. The van der Waals surface area contributed by atoms with E-state index in [9.17, 15) is 23.1 Å². The number of anilines is 2. The second kappa shape index (κ2) is 12.1. The molecular weight excluding hydrogens is 560 g/mol. The molecule has 0 unspecified atom stereocenters. The average molecular weight is 591 g/mol. The smallest absolute Gasteiger partial charge is 0.416 e. The molecule has 0 bridgehead atoms. The minimum Gasteiger partial charge on any atom is -0.497 e. The number of ether oxygens (including phenoxy) is 2. The summed E-state index contributed by atoms with van der Waals surface area (Å²) in [4.78, 5) is 22.0. The van der Waals surface area contributed by atoms with Crippen molar-refractivity contribution >= 4 is 29.0 Å². The molecule has 0 saturated carbocycles. The van der Waals surface area contributed by atoms with E-state index in [1.165, 1.54) is 30.2 Å². The van der Waals surface area contributed by atoms with Gasteiger partial charge in [-0.25, -0.2) is 9.38 Å². The van der Waals surface area contributed by atoms with Gasteiger partial charge in [-0.2, -0.15) is 13.2 Å². The van der Waals surface area contributed by atoms with Crippen molar-refractivity contribution in [2.75, 3.05) is 50.2 Å². The zero-order valence-electron chi connectivity index (χ0n) is 22.9. The molecule has 3 N–H and O–H groups in total. The lowest BCUT2D eigenvalue weighted by atomic mass is 9.96. The molecule has 2 aliphatic heterocycles.